The van der Waals surface area contributed by atoms with Crippen molar-refractivity contribution in [3.8, 4) is 0 Å². The number of hydrogen-bond acceptors (Lipinski definition) is 4. The Hall–Kier alpha value is -1.15. The lowest BCUT2D eigenvalue weighted by Crippen LogP contribution is -2.53. The molecule has 3 rings (SSSR count). The van der Waals surface area contributed by atoms with Crippen LogP contribution < -0.4 is 4.72 Å². The molecule has 136 valence electrons. The Kier molecular flexibility index (Phi) is 4.88. The number of nitrogens with one attached hydrogen (secondary N) is 1. The minimum atomic E-state index is -3.39. The van der Waals surface area contributed by atoms with E-state index in [1.165, 1.54) is 12.8 Å². The minimum Gasteiger partial charge on any atom is -0.340 e. The number of amides is 2. The summed E-state index contributed by atoms with van der Waals surface area (Å²) in [5.74, 6) is -0.0323. The highest BCUT2D eigenvalue weighted by molar-refractivity contribution is 7.88. The number of nitrogens with zero attached hydrogens (tertiary/aromatic N) is 2. The van der Waals surface area contributed by atoms with Gasteiger partial charge in [0.1, 0.15) is 0 Å². The molecule has 8 heteroatoms. The fourth-order valence-electron chi connectivity index (χ4n) is 4.43. The lowest BCUT2D eigenvalue weighted by Gasteiger charge is -2.42. The van der Waals surface area contributed by atoms with Gasteiger partial charge in [-0.15, -0.1) is 0 Å². The van der Waals surface area contributed by atoms with Crippen molar-refractivity contribution < 1.29 is 18.0 Å². The summed E-state index contributed by atoms with van der Waals surface area (Å²) in [5.41, 5.74) is -0.443. The van der Waals surface area contributed by atoms with Crippen LogP contribution in [-0.2, 0) is 19.6 Å². The van der Waals surface area contributed by atoms with Crippen LogP contribution in [0.5, 0.6) is 0 Å². The molecule has 3 fully saturated rings. The second-order valence-electron chi connectivity index (χ2n) is 7.48. The van der Waals surface area contributed by atoms with E-state index in [-0.39, 0.29) is 18.4 Å². The molecule has 2 aliphatic heterocycles. The molecule has 24 heavy (non-hydrogen) atoms. The van der Waals surface area contributed by atoms with Crippen LogP contribution in [0.4, 0.5) is 0 Å². The SMILES string of the molecule is CS(=O)(=O)NCC(=O)N1CC[C@@]2(CCCN(C3CCCC3)C2=O)C1. The number of carbonyl (C=O) groups is 2. The van der Waals surface area contributed by atoms with Gasteiger partial charge in [0.05, 0.1) is 18.2 Å². The second-order valence-corrected chi connectivity index (χ2v) is 9.31. The zero-order valence-electron chi connectivity index (χ0n) is 14.3. The van der Waals surface area contributed by atoms with Crippen molar-refractivity contribution in [2.24, 2.45) is 5.41 Å². The van der Waals surface area contributed by atoms with Crippen LogP contribution in [0.2, 0.25) is 0 Å². The summed E-state index contributed by atoms with van der Waals surface area (Å²) in [4.78, 5) is 29.1. The molecule has 0 aromatic carbocycles. The molecule has 1 spiro atoms. The molecule has 2 amide bonds. The quantitative estimate of drug-likeness (QED) is 0.785. The second kappa shape index (κ2) is 6.63. The normalized spacial score (nSPS) is 29.0. The van der Waals surface area contributed by atoms with Crippen LogP contribution in [0.15, 0.2) is 0 Å². The first-order valence-electron chi connectivity index (χ1n) is 8.84. The van der Waals surface area contributed by atoms with Gasteiger partial charge in [-0.3, -0.25) is 9.59 Å². The van der Waals surface area contributed by atoms with Crippen molar-refractivity contribution in [2.45, 2.75) is 51.0 Å². The highest BCUT2D eigenvalue weighted by Crippen LogP contribution is 2.42. The van der Waals surface area contributed by atoms with Gasteiger partial charge in [0.25, 0.3) is 0 Å². The standard InChI is InChI=1S/C16H27N3O4S/c1-24(22,23)17-11-14(20)18-10-8-16(12-18)7-4-9-19(15(16)21)13-5-2-3-6-13/h13,17H,2-12H2,1H3/t16-/m0/s1. The molecule has 0 bridgehead atoms. The fourth-order valence-corrected chi connectivity index (χ4v) is 4.82. The highest BCUT2D eigenvalue weighted by atomic mass is 32.2. The number of carbonyl (C=O) groups excluding carboxylic acids is 2. The van der Waals surface area contributed by atoms with Gasteiger partial charge in [0.15, 0.2) is 0 Å². The summed E-state index contributed by atoms with van der Waals surface area (Å²) in [5, 5.41) is 0. The van der Waals surface area contributed by atoms with Gasteiger partial charge >= 0.3 is 0 Å². The summed E-state index contributed by atoms with van der Waals surface area (Å²) >= 11 is 0. The van der Waals surface area contributed by atoms with Crippen molar-refractivity contribution in [1.29, 1.82) is 0 Å². The molecular weight excluding hydrogens is 330 g/mol. The minimum absolute atomic E-state index is 0.215. The van der Waals surface area contributed by atoms with Gasteiger partial charge in [-0.05, 0) is 32.1 Å². The average molecular weight is 357 g/mol. The molecule has 1 aliphatic carbocycles. The van der Waals surface area contributed by atoms with E-state index in [0.717, 1.165) is 38.5 Å². The summed E-state index contributed by atoms with van der Waals surface area (Å²) in [7, 11) is -3.39. The molecule has 3 aliphatic rings. The lowest BCUT2D eigenvalue weighted by atomic mass is 9.77. The van der Waals surface area contributed by atoms with E-state index in [2.05, 4.69) is 9.62 Å². The van der Waals surface area contributed by atoms with Crippen molar-refractivity contribution in [2.75, 3.05) is 32.4 Å². The number of piperidine rings is 1. The molecule has 0 aromatic heterocycles. The van der Waals surface area contributed by atoms with Crippen LogP contribution >= 0.6 is 0 Å². The van der Waals surface area contributed by atoms with Crippen molar-refractivity contribution in [1.82, 2.24) is 14.5 Å². The third-order valence-electron chi connectivity index (χ3n) is 5.73. The maximum Gasteiger partial charge on any atom is 0.237 e. The van der Waals surface area contributed by atoms with E-state index in [1.807, 2.05) is 0 Å². The van der Waals surface area contributed by atoms with Gasteiger partial charge in [-0.25, -0.2) is 13.1 Å². The molecule has 0 aromatic rings. The maximum absolute atomic E-state index is 13.1. The predicted octanol–water partition coefficient (Wildman–Crippen LogP) is 0.319. The molecule has 1 N–H and O–H groups in total. The Morgan fingerprint density at radius 2 is 1.92 bits per heavy atom. The van der Waals surface area contributed by atoms with E-state index >= 15 is 0 Å². The van der Waals surface area contributed by atoms with Crippen LogP contribution in [0, 0.1) is 5.41 Å². The molecule has 0 radical (unpaired) electrons. The summed E-state index contributed by atoms with van der Waals surface area (Å²) in [6.45, 7) is 1.58. The molecule has 2 heterocycles. The Bertz CT molecular complexity index is 615. The van der Waals surface area contributed by atoms with Gasteiger partial charge < -0.3 is 9.80 Å². The van der Waals surface area contributed by atoms with Crippen LogP contribution in [0.3, 0.4) is 0 Å². The summed E-state index contributed by atoms with van der Waals surface area (Å²) in [6, 6.07) is 0.381. The maximum atomic E-state index is 13.1. The first-order chi connectivity index (χ1) is 11.3. The molecule has 1 atom stereocenters. The van der Waals surface area contributed by atoms with E-state index in [9.17, 15) is 18.0 Å². The van der Waals surface area contributed by atoms with Gasteiger partial charge in [0, 0.05) is 25.7 Å². The smallest absolute Gasteiger partial charge is 0.237 e. The van der Waals surface area contributed by atoms with E-state index < -0.39 is 15.4 Å². The topological polar surface area (TPSA) is 86.8 Å². The van der Waals surface area contributed by atoms with Gasteiger partial charge in [-0.2, -0.15) is 0 Å². The average Bonchev–Trinajstić information content (AvgIpc) is 3.18. The molecule has 1 saturated carbocycles. The summed E-state index contributed by atoms with van der Waals surface area (Å²) < 4.78 is 24.5. The fraction of sp³-hybridized carbons (Fsp3) is 0.875. The first kappa shape index (κ1) is 17.7. The van der Waals surface area contributed by atoms with Crippen molar-refractivity contribution in [3.05, 3.63) is 0 Å². The van der Waals surface area contributed by atoms with Crippen molar-refractivity contribution in [3.63, 3.8) is 0 Å². The Labute approximate surface area is 143 Å². The number of rotatable bonds is 4. The molecule has 7 nitrogen and oxygen atoms in total. The van der Waals surface area contributed by atoms with Gasteiger partial charge in [-0.1, -0.05) is 12.8 Å². The van der Waals surface area contributed by atoms with E-state index in [1.54, 1.807) is 4.90 Å². The third kappa shape index (κ3) is 3.59. The van der Waals surface area contributed by atoms with Crippen LogP contribution in [-0.4, -0.2) is 68.5 Å². The Morgan fingerprint density at radius 3 is 2.58 bits per heavy atom. The van der Waals surface area contributed by atoms with Crippen molar-refractivity contribution >= 4 is 21.8 Å². The highest BCUT2D eigenvalue weighted by Gasteiger charge is 2.50. The van der Waals surface area contributed by atoms with Crippen LogP contribution in [0.1, 0.15) is 44.9 Å². The molecular formula is C16H27N3O4S. The monoisotopic (exact) mass is 357 g/mol. The van der Waals surface area contributed by atoms with Crippen LogP contribution in [0.25, 0.3) is 0 Å². The first-order valence-corrected chi connectivity index (χ1v) is 10.7. The molecule has 2 saturated heterocycles. The molecule has 0 unspecified atom stereocenters. The largest absolute Gasteiger partial charge is 0.340 e. The predicted molar refractivity (Wildman–Crippen MR) is 89.7 cm³/mol. The number of hydrogen-bond donors (Lipinski definition) is 1. The lowest BCUT2D eigenvalue weighted by molar-refractivity contribution is -0.148. The zero-order chi connectivity index (χ0) is 17.4. The Balaban J connectivity index is 1.64. The Morgan fingerprint density at radius 1 is 1.21 bits per heavy atom. The summed E-state index contributed by atoms with van der Waals surface area (Å²) in [6.07, 6.45) is 8.15. The van der Waals surface area contributed by atoms with Gasteiger partial charge in [0.2, 0.25) is 21.8 Å². The number of likely N-dealkylation sites (tertiary alicyclic amines) is 2. The zero-order valence-corrected chi connectivity index (χ0v) is 15.1. The van der Waals surface area contributed by atoms with E-state index in [0.29, 0.717) is 25.6 Å². The number of sulfonamides is 1. The van der Waals surface area contributed by atoms with E-state index in [4.69, 9.17) is 0 Å². The third-order valence-corrected chi connectivity index (χ3v) is 6.40.